The quantitative estimate of drug-likeness (QED) is 0.514. The van der Waals surface area contributed by atoms with Crippen LogP contribution in [0.1, 0.15) is 28.7 Å². The van der Waals surface area contributed by atoms with Crippen LogP contribution in [0.15, 0.2) is 66.7 Å². The number of aryl methyl sites for hydroxylation is 3. The molecule has 0 bridgehead atoms. The molecule has 0 saturated heterocycles. The molecule has 1 aliphatic heterocycles. The molecule has 144 valence electrons. The minimum absolute atomic E-state index is 0.806. The van der Waals surface area contributed by atoms with E-state index in [0.29, 0.717) is 0 Å². The van der Waals surface area contributed by atoms with Crippen molar-refractivity contribution in [2.45, 2.75) is 32.7 Å². The molecule has 0 spiro atoms. The van der Waals surface area contributed by atoms with E-state index in [-0.39, 0.29) is 0 Å². The zero-order chi connectivity index (χ0) is 19.3. The second-order valence-corrected chi connectivity index (χ2v) is 8.01. The van der Waals surface area contributed by atoms with E-state index < -0.39 is 0 Å². The number of para-hydroxylation sites is 1. The summed E-state index contributed by atoms with van der Waals surface area (Å²) in [6, 6.07) is 23.8. The lowest BCUT2D eigenvalue weighted by molar-refractivity contribution is 0.651. The van der Waals surface area contributed by atoms with E-state index in [1.165, 1.54) is 33.6 Å². The lowest BCUT2D eigenvalue weighted by Gasteiger charge is -2.27. The van der Waals surface area contributed by atoms with Crippen LogP contribution < -0.4 is 10.2 Å². The fourth-order valence-corrected chi connectivity index (χ4v) is 4.09. The van der Waals surface area contributed by atoms with E-state index >= 15 is 0 Å². The Morgan fingerprint density at radius 3 is 2.46 bits per heavy atom. The van der Waals surface area contributed by atoms with Gasteiger partial charge in [-0.25, -0.2) is 0 Å². The Bertz CT molecular complexity index is 934. The monoisotopic (exact) mass is 390 g/mol. The second kappa shape index (κ2) is 8.81. The standard InChI is InChI=1S/C25H27ClN2/c1-19-7-9-20(10-8-19)18-27-15-4-16-28-24-6-3-2-5-21(24)11-12-22-13-14-23(26)17-25(22)28/h2-3,5-10,13-14,17,27H,4,11-12,15-16,18H2,1H3. The predicted octanol–water partition coefficient (Wildman–Crippen LogP) is 6.07. The van der Waals surface area contributed by atoms with E-state index in [1.807, 2.05) is 6.07 Å². The summed E-state index contributed by atoms with van der Waals surface area (Å²) in [5.74, 6) is 0. The highest BCUT2D eigenvalue weighted by Crippen LogP contribution is 2.37. The fraction of sp³-hybridized carbons (Fsp3) is 0.280. The predicted molar refractivity (Wildman–Crippen MR) is 120 cm³/mol. The first-order valence-electron chi connectivity index (χ1n) is 10.1. The summed E-state index contributed by atoms with van der Waals surface area (Å²) in [5.41, 5.74) is 8.03. The van der Waals surface area contributed by atoms with Crippen molar-refractivity contribution in [2.24, 2.45) is 0 Å². The van der Waals surface area contributed by atoms with Gasteiger partial charge in [-0.2, -0.15) is 0 Å². The minimum Gasteiger partial charge on any atom is -0.341 e. The van der Waals surface area contributed by atoms with Gasteiger partial charge in [-0.1, -0.05) is 65.7 Å². The van der Waals surface area contributed by atoms with Crippen molar-refractivity contribution in [1.29, 1.82) is 0 Å². The van der Waals surface area contributed by atoms with E-state index in [4.69, 9.17) is 11.6 Å². The van der Waals surface area contributed by atoms with Crippen molar-refractivity contribution in [2.75, 3.05) is 18.0 Å². The molecular formula is C25H27ClN2. The van der Waals surface area contributed by atoms with Crippen LogP contribution >= 0.6 is 11.6 Å². The van der Waals surface area contributed by atoms with Gasteiger partial charge < -0.3 is 10.2 Å². The third kappa shape index (κ3) is 4.40. The Labute approximate surface area is 173 Å². The van der Waals surface area contributed by atoms with Crippen molar-refractivity contribution in [3.63, 3.8) is 0 Å². The molecule has 1 aliphatic rings. The summed E-state index contributed by atoms with van der Waals surface area (Å²) in [5, 5.41) is 4.39. The normalized spacial score (nSPS) is 13.0. The van der Waals surface area contributed by atoms with Crippen LogP contribution in [0.2, 0.25) is 5.02 Å². The van der Waals surface area contributed by atoms with Crippen molar-refractivity contribution < 1.29 is 0 Å². The number of anilines is 2. The Kier molecular flexibility index (Phi) is 5.99. The third-order valence-corrected chi connectivity index (χ3v) is 5.70. The van der Waals surface area contributed by atoms with Crippen LogP contribution in [0.4, 0.5) is 11.4 Å². The molecular weight excluding hydrogens is 364 g/mol. The van der Waals surface area contributed by atoms with Crippen LogP contribution in [-0.4, -0.2) is 13.1 Å². The first-order valence-corrected chi connectivity index (χ1v) is 10.5. The van der Waals surface area contributed by atoms with Crippen LogP contribution in [-0.2, 0) is 19.4 Å². The summed E-state index contributed by atoms with van der Waals surface area (Å²) in [6.45, 7) is 5.01. The highest BCUT2D eigenvalue weighted by molar-refractivity contribution is 6.30. The Hall–Kier alpha value is -2.29. The second-order valence-electron chi connectivity index (χ2n) is 7.57. The van der Waals surface area contributed by atoms with Gasteiger partial charge in [0.1, 0.15) is 0 Å². The number of benzene rings is 3. The first-order chi connectivity index (χ1) is 13.7. The smallest absolute Gasteiger partial charge is 0.0458 e. The molecule has 4 rings (SSSR count). The number of hydrogen-bond acceptors (Lipinski definition) is 2. The molecule has 0 aromatic heterocycles. The number of nitrogens with one attached hydrogen (secondary N) is 1. The van der Waals surface area contributed by atoms with Crippen molar-refractivity contribution >= 4 is 23.0 Å². The molecule has 0 radical (unpaired) electrons. The van der Waals surface area contributed by atoms with Gasteiger partial charge in [0.2, 0.25) is 0 Å². The summed E-state index contributed by atoms with van der Waals surface area (Å²) in [7, 11) is 0. The van der Waals surface area contributed by atoms with Crippen LogP contribution in [0.5, 0.6) is 0 Å². The molecule has 1 heterocycles. The summed E-state index contributed by atoms with van der Waals surface area (Å²) in [4.78, 5) is 2.46. The van der Waals surface area contributed by atoms with Gasteiger partial charge in [0.15, 0.2) is 0 Å². The van der Waals surface area contributed by atoms with Gasteiger partial charge in [-0.05, 0) is 67.6 Å². The SMILES string of the molecule is Cc1ccc(CNCCCN2c3ccccc3CCc3ccc(Cl)cc32)cc1. The van der Waals surface area contributed by atoms with E-state index in [0.717, 1.165) is 43.9 Å². The molecule has 0 unspecified atom stereocenters. The average molecular weight is 391 g/mol. The van der Waals surface area contributed by atoms with Gasteiger partial charge in [0, 0.05) is 29.5 Å². The van der Waals surface area contributed by atoms with Crippen molar-refractivity contribution in [1.82, 2.24) is 5.32 Å². The van der Waals surface area contributed by atoms with E-state index in [1.54, 1.807) is 0 Å². The Morgan fingerprint density at radius 2 is 1.64 bits per heavy atom. The number of halogens is 1. The molecule has 0 aliphatic carbocycles. The molecule has 2 nitrogen and oxygen atoms in total. The lowest BCUT2D eigenvalue weighted by Crippen LogP contribution is -2.24. The zero-order valence-corrected chi connectivity index (χ0v) is 17.2. The molecule has 1 N–H and O–H groups in total. The minimum atomic E-state index is 0.806. The Balaban J connectivity index is 1.44. The van der Waals surface area contributed by atoms with Gasteiger partial charge in [0.25, 0.3) is 0 Å². The summed E-state index contributed by atoms with van der Waals surface area (Å²) in [6.07, 6.45) is 3.21. The molecule has 0 atom stereocenters. The lowest BCUT2D eigenvalue weighted by atomic mass is 10.0. The highest BCUT2D eigenvalue weighted by atomic mass is 35.5. The van der Waals surface area contributed by atoms with Crippen LogP contribution in [0.3, 0.4) is 0 Å². The molecule has 0 amide bonds. The zero-order valence-electron chi connectivity index (χ0n) is 16.4. The molecule has 3 aromatic carbocycles. The van der Waals surface area contributed by atoms with Gasteiger partial charge in [-0.15, -0.1) is 0 Å². The summed E-state index contributed by atoms with van der Waals surface area (Å²) >= 11 is 6.35. The highest BCUT2D eigenvalue weighted by Gasteiger charge is 2.20. The third-order valence-electron chi connectivity index (χ3n) is 5.47. The molecule has 28 heavy (non-hydrogen) atoms. The number of hydrogen-bond donors (Lipinski definition) is 1. The van der Waals surface area contributed by atoms with Gasteiger partial charge in [0.05, 0.1) is 0 Å². The molecule has 0 saturated carbocycles. The molecule has 3 heteroatoms. The van der Waals surface area contributed by atoms with Gasteiger partial charge in [-0.3, -0.25) is 0 Å². The van der Waals surface area contributed by atoms with Gasteiger partial charge >= 0.3 is 0 Å². The van der Waals surface area contributed by atoms with Crippen LogP contribution in [0, 0.1) is 6.92 Å². The van der Waals surface area contributed by atoms with Crippen molar-refractivity contribution in [3.8, 4) is 0 Å². The van der Waals surface area contributed by atoms with Crippen LogP contribution in [0.25, 0.3) is 0 Å². The number of nitrogens with zero attached hydrogens (tertiary/aromatic N) is 1. The Morgan fingerprint density at radius 1 is 0.893 bits per heavy atom. The maximum absolute atomic E-state index is 6.35. The topological polar surface area (TPSA) is 15.3 Å². The molecule has 3 aromatic rings. The molecule has 0 fully saturated rings. The number of fused-ring (bicyclic) bond motifs is 2. The maximum atomic E-state index is 6.35. The van der Waals surface area contributed by atoms with E-state index in [2.05, 4.69) is 77.8 Å². The maximum Gasteiger partial charge on any atom is 0.0458 e. The summed E-state index contributed by atoms with van der Waals surface area (Å²) < 4.78 is 0. The van der Waals surface area contributed by atoms with E-state index in [9.17, 15) is 0 Å². The first kappa shape index (κ1) is 19.0. The average Bonchev–Trinajstić information content (AvgIpc) is 2.86. The number of rotatable bonds is 6. The fourth-order valence-electron chi connectivity index (χ4n) is 3.93. The van der Waals surface area contributed by atoms with Crippen molar-refractivity contribution in [3.05, 3.63) is 94.0 Å². The largest absolute Gasteiger partial charge is 0.341 e.